The molecule has 0 saturated heterocycles. The summed E-state index contributed by atoms with van der Waals surface area (Å²) < 4.78 is 5.14. The number of fused-ring (bicyclic) bond motifs is 1. The maximum atomic E-state index is 11.9. The lowest BCUT2D eigenvalue weighted by Crippen LogP contribution is -2.35. The van der Waals surface area contributed by atoms with Gasteiger partial charge in [-0.1, -0.05) is 0 Å². The van der Waals surface area contributed by atoms with Gasteiger partial charge in [-0.15, -0.1) is 24.8 Å². The van der Waals surface area contributed by atoms with Crippen LogP contribution < -0.4 is 22.4 Å². The molecule has 0 spiro atoms. The minimum Gasteiger partial charge on any atom is -0.423 e. The molecule has 1 aromatic heterocycles. The number of hydrogen-bond donors (Lipinski definition) is 3. The first-order valence-corrected chi connectivity index (χ1v) is 6.82. The smallest absolute Gasteiger partial charge is 0.336 e. The van der Waals surface area contributed by atoms with Gasteiger partial charge in [0.25, 0.3) is 0 Å². The molecule has 5 N–H and O–H groups in total. The average Bonchev–Trinajstić information content (AvgIpc) is 2.44. The highest BCUT2D eigenvalue weighted by Gasteiger charge is 2.13. The molecule has 0 saturated carbocycles. The molecule has 1 unspecified atom stereocenters. The Morgan fingerprint density at radius 3 is 2.65 bits per heavy atom. The van der Waals surface area contributed by atoms with Crippen LogP contribution in [-0.2, 0) is 4.79 Å². The third-order valence-corrected chi connectivity index (χ3v) is 3.27. The SMILES string of the molecule is Cc1cc(=O)oc2cc(NC(=O)C(N)CCCN)ccc12.Cl.Cl. The molecule has 0 aliphatic carbocycles. The fourth-order valence-corrected chi connectivity index (χ4v) is 2.11. The van der Waals surface area contributed by atoms with Gasteiger partial charge >= 0.3 is 5.63 Å². The molecular formula is C15H21Cl2N3O3. The molecule has 1 atom stereocenters. The Labute approximate surface area is 146 Å². The van der Waals surface area contributed by atoms with E-state index in [2.05, 4.69) is 5.32 Å². The zero-order chi connectivity index (χ0) is 15.4. The molecule has 1 heterocycles. The van der Waals surface area contributed by atoms with Crippen LogP contribution in [0, 0.1) is 6.92 Å². The molecule has 0 fully saturated rings. The molecular weight excluding hydrogens is 341 g/mol. The number of carbonyl (C=O) groups is 1. The van der Waals surface area contributed by atoms with Crippen molar-refractivity contribution in [2.75, 3.05) is 11.9 Å². The van der Waals surface area contributed by atoms with Gasteiger partial charge in [0.15, 0.2) is 0 Å². The Morgan fingerprint density at radius 1 is 1.30 bits per heavy atom. The summed E-state index contributed by atoms with van der Waals surface area (Å²) in [5.74, 6) is -0.280. The van der Waals surface area contributed by atoms with Gasteiger partial charge in [0.2, 0.25) is 5.91 Å². The Morgan fingerprint density at radius 2 is 2.00 bits per heavy atom. The largest absolute Gasteiger partial charge is 0.423 e. The van der Waals surface area contributed by atoms with E-state index in [1.165, 1.54) is 6.07 Å². The molecule has 0 radical (unpaired) electrons. The summed E-state index contributed by atoms with van der Waals surface area (Å²) in [6, 6.07) is 6.01. The predicted octanol–water partition coefficient (Wildman–Crippen LogP) is 1.95. The second kappa shape index (κ2) is 9.52. The third kappa shape index (κ3) is 5.51. The molecule has 128 valence electrons. The van der Waals surface area contributed by atoms with E-state index in [-0.39, 0.29) is 30.7 Å². The van der Waals surface area contributed by atoms with Crippen LogP contribution in [0.2, 0.25) is 0 Å². The van der Waals surface area contributed by atoms with E-state index in [0.717, 1.165) is 10.9 Å². The topological polar surface area (TPSA) is 111 Å². The summed E-state index contributed by atoms with van der Waals surface area (Å²) >= 11 is 0. The molecule has 2 rings (SSSR count). The van der Waals surface area contributed by atoms with Crippen molar-refractivity contribution in [1.29, 1.82) is 0 Å². The van der Waals surface area contributed by atoms with Gasteiger partial charge in [-0.25, -0.2) is 4.79 Å². The molecule has 1 aromatic carbocycles. The first-order chi connectivity index (χ1) is 10.0. The molecule has 6 nitrogen and oxygen atoms in total. The van der Waals surface area contributed by atoms with E-state index in [4.69, 9.17) is 15.9 Å². The van der Waals surface area contributed by atoms with Gasteiger partial charge in [0.1, 0.15) is 5.58 Å². The number of rotatable bonds is 5. The Kier molecular flexibility index (Phi) is 8.86. The van der Waals surface area contributed by atoms with Crippen LogP contribution in [0.3, 0.4) is 0 Å². The Hall–Kier alpha value is -1.60. The van der Waals surface area contributed by atoms with Crippen molar-refractivity contribution in [2.24, 2.45) is 11.5 Å². The fourth-order valence-electron chi connectivity index (χ4n) is 2.11. The van der Waals surface area contributed by atoms with Crippen LogP contribution in [0.15, 0.2) is 33.5 Å². The highest BCUT2D eigenvalue weighted by Crippen LogP contribution is 2.20. The lowest BCUT2D eigenvalue weighted by Gasteiger charge is -2.12. The number of anilines is 1. The number of hydrogen-bond acceptors (Lipinski definition) is 5. The zero-order valence-electron chi connectivity index (χ0n) is 12.7. The Balaban J connectivity index is 0.00000242. The van der Waals surface area contributed by atoms with Crippen molar-refractivity contribution in [3.63, 3.8) is 0 Å². The zero-order valence-corrected chi connectivity index (χ0v) is 14.3. The quantitative estimate of drug-likeness (QED) is 0.704. The van der Waals surface area contributed by atoms with E-state index < -0.39 is 11.7 Å². The normalized spacial score (nSPS) is 11.3. The maximum Gasteiger partial charge on any atom is 0.336 e. The third-order valence-electron chi connectivity index (χ3n) is 3.27. The molecule has 1 amide bonds. The highest BCUT2D eigenvalue weighted by atomic mass is 35.5. The number of nitrogens with two attached hydrogens (primary N) is 2. The standard InChI is InChI=1S/C15H19N3O3.2ClH/c1-9-7-14(19)21-13-8-10(4-5-11(9)13)18-15(20)12(17)3-2-6-16;;/h4-5,7-8,12H,2-3,6,16-17H2,1H3,(H,18,20);2*1H. The van der Waals surface area contributed by atoms with Crippen molar-refractivity contribution in [3.8, 4) is 0 Å². The van der Waals surface area contributed by atoms with Crippen LogP contribution >= 0.6 is 24.8 Å². The van der Waals surface area contributed by atoms with E-state index in [9.17, 15) is 9.59 Å². The lowest BCUT2D eigenvalue weighted by atomic mass is 10.1. The summed E-state index contributed by atoms with van der Waals surface area (Å²) in [5, 5.41) is 3.55. The van der Waals surface area contributed by atoms with Crippen LogP contribution in [0.5, 0.6) is 0 Å². The number of carbonyl (C=O) groups excluding carboxylic acids is 1. The highest BCUT2D eigenvalue weighted by molar-refractivity contribution is 5.96. The summed E-state index contributed by atoms with van der Waals surface area (Å²) in [7, 11) is 0. The molecule has 0 aliphatic rings. The second-order valence-electron chi connectivity index (χ2n) is 4.99. The van der Waals surface area contributed by atoms with E-state index in [0.29, 0.717) is 30.7 Å². The molecule has 8 heteroatoms. The predicted molar refractivity (Wildman–Crippen MR) is 96.6 cm³/mol. The maximum absolute atomic E-state index is 11.9. The summed E-state index contributed by atoms with van der Waals surface area (Å²) in [6.45, 7) is 2.33. The number of halogens is 2. The minimum absolute atomic E-state index is 0. The van der Waals surface area contributed by atoms with Crippen LogP contribution in [0.25, 0.3) is 11.0 Å². The first-order valence-electron chi connectivity index (χ1n) is 6.82. The fraction of sp³-hybridized carbons (Fsp3) is 0.333. The van der Waals surface area contributed by atoms with Crippen LogP contribution in [0.4, 0.5) is 5.69 Å². The van der Waals surface area contributed by atoms with Gasteiger partial charge in [-0.3, -0.25) is 4.79 Å². The van der Waals surface area contributed by atoms with Gasteiger partial charge in [0.05, 0.1) is 6.04 Å². The summed E-state index contributed by atoms with van der Waals surface area (Å²) in [6.07, 6.45) is 1.23. The number of nitrogens with one attached hydrogen (secondary N) is 1. The van der Waals surface area contributed by atoms with Gasteiger partial charge in [0, 0.05) is 23.2 Å². The molecule has 0 aliphatic heterocycles. The average molecular weight is 362 g/mol. The first kappa shape index (κ1) is 21.4. The summed E-state index contributed by atoms with van der Waals surface area (Å²) in [5.41, 5.74) is 12.6. The second-order valence-corrected chi connectivity index (χ2v) is 4.99. The molecule has 23 heavy (non-hydrogen) atoms. The van der Waals surface area contributed by atoms with Gasteiger partial charge < -0.3 is 21.2 Å². The monoisotopic (exact) mass is 361 g/mol. The minimum atomic E-state index is -0.603. The van der Waals surface area contributed by atoms with Crippen LogP contribution in [0.1, 0.15) is 18.4 Å². The number of aryl methyl sites for hydroxylation is 1. The summed E-state index contributed by atoms with van der Waals surface area (Å²) in [4.78, 5) is 23.3. The molecule has 0 bridgehead atoms. The number of amides is 1. The lowest BCUT2D eigenvalue weighted by molar-refractivity contribution is -0.117. The van der Waals surface area contributed by atoms with Gasteiger partial charge in [-0.2, -0.15) is 0 Å². The number of benzene rings is 1. The Bertz CT molecular complexity index is 719. The van der Waals surface area contributed by atoms with Crippen molar-refractivity contribution in [3.05, 3.63) is 40.2 Å². The van der Waals surface area contributed by atoms with Crippen molar-refractivity contribution < 1.29 is 9.21 Å². The van der Waals surface area contributed by atoms with E-state index in [1.54, 1.807) is 18.2 Å². The van der Waals surface area contributed by atoms with Crippen molar-refractivity contribution in [1.82, 2.24) is 0 Å². The van der Waals surface area contributed by atoms with Crippen molar-refractivity contribution in [2.45, 2.75) is 25.8 Å². The molecule has 2 aromatic rings. The van der Waals surface area contributed by atoms with Crippen LogP contribution in [-0.4, -0.2) is 18.5 Å². The van der Waals surface area contributed by atoms with E-state index in [1.807, 2.05) is 6.92 Å². The van der Waals surface area contributed by atoms with Gasteiger partial charge in [-0.05, 0) is 44.0 Å². The van der Waals surface area contributed by atoms with E-state index >= 15 is 0 Å². The van der Waals surface area contributed by atoms with Crippen molar-refractivity contribution >= 4 is 47.4 Å².